The molecule has 0 bridgehead atoms. The summed E-state index contributed by atoms with van der Waals surface area (Å²) in [7, 11) is 1.62. The molecule has 2 aliphatic carbocycles. The van der Waals surface area contributed by atoms with E-state index in [9.17, 15) is 9.59 Å². The first-order chi connectivity index (χ1) is 10.2. The van der Waals surface area contributed by atoms with Gasteiger partial charge in [0.1, 0.15) is 5.75 Å². The SMILES string of the molecule is C=C1C(=O)C2C(C)(C)C(=O)C=C[C@]2(C)c2cc(OC)ccc21. The summed E-state index contributed by atoms with van der Waals surface area (Å²) in [4.78, 5) is 25.2. The Morgan fingerprint density at radius 2 is 1.86 bits per heavy atom. The van der Waals surface area contributed by atoms with Crippen LogP contribution < -0.4 is 4.74 Å². The Balaban J connectivity index is 2.34. The molecule has 0 N–H and O–H groups in total. The zero-order valence-electron chi connectivity index (χ0n) is 13.4. The Bertz CT molecular complexity index is 739. The number of rotatable bonds is 1. The number of allylic oxidation sites excluding steroid dienone is 3. The smallest absolute Gasteiger partial charge is 0.168 e. The minimum atomic E-state index is -0.746. The number of hydrogen-bond donors (Lipinski definition) is 0. The van der Waals surface area contributed by atoms with Gasteiger partial charge in [0.15, 0.2) is 11.6 Å². The number of methoxy groups -OCH3 is 1. The van der Waals surface area contributed by atoms with Crippen LogP contribution in [0.25, 0.3) is 5.57 Å². The van der Waals surface area contributed by atoms with E-state index in [2.05, 4.69) is 6.58 Å². The second kappa shape index (κ2) is 4.42. The van der Waals surface area contributed by atoms with E-state index in [1.165, 1.54) is 0 Å². The van der Waals surface area contributed by atoms with Crippen molar-refractivity contribution in [2.45, 2.75) is 26.2 Å². The molecule has 22 heavy (non-hydrogen) atoms. The summed E-state index contributed by atoms with van der Waals surface area (Å²) in [5, 5.41) is 0. The number of carbonyl (C=O) groups is 2. The summed E-state index contributed by atoms with van der Waals surface area (Å²) >= 11 is 0. The van der Waals surface area contributed by atoms with Crippen LogP contribution in [0, 0.1) is 11.3 Å². The van der Waals surface area contributed by atoms with Gasteiger partial charge in [-0.15, -0.1) is 0 Å². The molecule has 0 spiro atoms. The van der Waals surface area contributed by atoms with Gasteiger partial charge in [-0.05, 0) is 29.3 Å². The van der Waals surface area contributed by atoms with E-state index in [-0.39, 0.29) is 11.6 Å². The van der Waals surface area contributed by atoms with Crippen molar-refractivity contribution in [3.8, 4) is 5.75 Å². The van der Waals surface area contributed by atoms with E-state index >= 15 is 0 Å². The molecule has 0 saturated heterocycles. The van der Waals surface area contributed by atoms with Crippen LogP contribution in [0.2, 0.25) is 0 Å². The average molecular weight is 296 g/mol. The molecule has 0 radical (unpaired) electrons. The summed E-state index contributed by atoms with van der Waals surface area (Å²) in [6, 6.07) is 5.67. The van der Waals surface area contributed by atoms with Gasteiger partial charge in [-0.25, -0.2) is 0 Å². The molecule has 1 unspecified atom stereocenters. The van der Waals surface area contributed by atoms with Crippen LogP contribution in [0.4, 0.5) is 0 Å². The van der Waals surface area contributed by atoms with Crippen molar-refractivity contribution < 1.29 is 14.3 Å². The highest BCUT2D eigenvalue weighted by Gasteiger charge is 2.56. The topological polar surface area (TPSA) is 43.4 Å². The van der Waals surface area contributed by atoms with Gasteiger partial charge in [-0.3, -0.25) is 9.59 Å². The number of carbonyl (C=O) groups excluding carboxylic acids is 2. The average Bonchev–Trinajstić information content (AvgIpc) is 2.48. The molecule has 1 aromatic rings. The second-order valence-electron chi connectivity index (χ2n) is 6.89. The maximum atomic E-state index is 12.9. The first kappa shape index (κ1) is 14.8. The van der Waals surface area contributed by atoms with Gasteiger partial charge in [-0.1, -0.05) is 39.5 Å². The Morgan fingerprint density at radius 3 is 2.50 bits per heavy atom. The van der Waals surface area contributed by atoms with Crippen molar-refractivity contribution in [3.05, 3.63) is 48.1 Å². The molecule has 0 aromatic heterocycles. The maximum absolute atomic E-state index is 12.9. The molecule has 0 saturated carbocycles. The van der Waals surface area contributed by atoms with Gasteiger partial charge < -0.3 is 4.74 Å². The molecule has 2 aliphatic rings. The Hall–Kier alpha value is -2.16. The third kappa shape index (κ3) is 1.68. The van der Waals surface area contributed by atoms with Gasteiger partial charge in [0, 0.05) is 22.3 Å². The molecule has 3 heteroatoms. The molecule has 0 aliphatic heterocycles. The highest BCUT2D eigenvalue weighted by Crippen LogP contribution is 2.54. The van der Waals surface area contributed by atoms with E-state index in [0.29, 0.717) is 5.57 Å². The Kier molecular flexibility index (Phi) is 2.96. The summed E-state index contributed by atoms with van der Waals surface area (Å²) in [5.41, 5.74) is 1.05. The second-order valence-corrected chi connectivity index (χ2v) is 6.89. The molecule has 0 amide bonds. The number of Topliss-reactive ketones (excluding diaryl/α,β-unsaturated/α-hetero) is 1. The van der Waals surface area contributed by atoms with Crippen molar-refractivity contribution in [2.24, 2.45) is 11.3 Å². The molecule has 3 rings (SSSR count). The standard InChI is InChI=1S/C19H20O3/c1-11-13-7-6-12(22-5)10-14(13)19(4)9-8-15(20)18(2,3)17(19)16(11)21/h6-10,17H,1H2,2-5H3/t17?,19-/m1/s1. The monoisotopic (exact) mass is 296 g/mol. The van der Waals surface area contributed by atoms with E-state index in [1.54, 1.807) is 13.2 Å². The summed E-state index contributed by atoms with van der Waals surface area (Å²) in [6.07, 6.45) is 3.48. The van der Waals surface area contributed by atoms with E-state index in [0.717, 1.165) is 16.9 Å². The van der Waals surface area contributed by atoms with Crippen LogP contribution in [0.3, 0.4) is 0 Å². The van der Waals surface area contributed by atoms with Crippen LogP contribution in [0.1, 0.15) is 31.9 Å². The highest BCUT2D eigenvalue weighted by molar-refractivity contribution is 6.25. The minimum absolute atomic E-state index is 0.0116. The molecule has 3 nitrogen and oxygen atoms in total. The lowest BCUT2D eigenvalue weighted by molar-refractivity contribution is -0.135. The quantitative estimate of drug-likeness (QED) is 0.747. The van der Waals surface area contributed by atoms with E-state index in [1.807, 2.05) is 45.0 Å². The largest absolute Gasteiger partial charge is 0.497 e. The lowest BCUT2D eigenvalue weighted by atomic mass is 9.51. The van der Waals surface area contributed by atoms with Crippen LogP contribution >= 0.6 is 0 Å². The first-order valence-corrected chi connectivity index (χ1v) is 7.39. The van der Waals surface area contributed by atoms with Crippen molar-refractivity contribution in [1.29, 1.82) is 0 Å². The Labute approximate surface area is 130 Å². The lowest BCUT2D eigenvalue weighted by Crippen LogP contribution is -2.53. The molecule has 1 aromatic carbocycles. The van der Waals surface area contributed by atoms with Gasteiger partial charge in [-0.2, -0.15) is 0 Å². The van der Waals surface area contributed by atoms with Crippen molar-refractivity contribution in [3.63, 3.8) is 0 Å². The molecule has 0 heterocycles. The van der Waals surface area contributed by atoms with Gasteiger partial charge in [0.25, 0.3) is 0 Å². The van der Waals surface area contributed by atoms with Crippen LogP contribution in [0.5, 0.6) is 5.75 Å². The normalized spacial score (nSPS) is 29.1. The van der Waals surface area contributed by atoms with Crippen molar-refractivity contribution in [1.82, 2.24) is 0 Å². The number of ether oxygens (including phenoxy) is 1. The van der Waals surface area contributed by atoms with Crippen LogP contribution in [0.15, 0.2) is 36.9 Å². The summed E-state index contributed by atoms with van der Waals surface area (Å²) < 4.78 is 5.33. The Morgan fingerprint density at radius 1 is 1.18 bits per heavy atom. The third-order valence-electron chi connectivity index (χ3n) is 5.23. The summed E-state index contributed by atoms with van der Waals surface area (Å²) in [6.45, 7) is 9.69. The maximum Gasteiger partial charge on any atom is 0.168 e. The molecular formula is C19H20O3. The van der Waals surface area contributed by atoms with Crippen molar-refractivity contribution in [2.75, 3.05) is 7.11 Å². The number of ketones is 2. The minimum Gasteiger partial charge on any atom is -0.497 e. The fourth-order valence-corrected chi connectivity index (χ4v) is 3.96. The third-order valence-corrected chi connectivity index (χ3v) is 5.23. The fourth-order valence-electron chi connectivity index (χ4n) is 3.96. The number of fused-ring (bicyclic) bond motifs is 3. The predicted molar refractivity (Wildman–Crippen MR) is 85.8 cm³/mol. The zero-order valence-corrected chi connectivity index (χ0v) is 13.4. The molecular weight excluding hydrogens is 276 g/mol. The van der Waals surface area contributed by atoms with Crippen LogP contribution in [-0.4, -0.2) is 18.7 Å². The highest BCUT2D eigenvalue weighted by atomic mass is 16.5. The fraction of sp³-hybridized carbons (Fsp3) is 0.368. The van der Waals surface area contributed by atoms with Gasteiger partial charge >= 0.3 is 0 Å². The first-order valence-electron chi connectivity index (χ1n) is 7.39. The number of benzene rings is 1. The van der Waals surface area contributed by atoms with Gasteiger partial charge in [0.05, 0.1) is 7.11 Å². The van der Waals surface area contributed by atoms with Gasteiger partial charge in [0.2, 0.25) is 0 Å². The number of hydrogen-bond acceptors (Lipinski definition) is 3. The van der Waals surface area contributed by atoms with Crippen LogP contribution in [-0.2, 0) is 15.0 Å². The van der Waals surface area contributed by atoms with Crippen molar-refractivity contribution >= 4 is 17.1 Å². The molecule has 2 atom stereocenters. The molecule has 0 fully saturated rings. The van der Waals surface area contributed by atoms with E-state index in [4.69, 9.17) is 4.74 Å². The molecule has 114 valence electrons. The van der Waals surface area contributed by atoms with E-state index < -0.39 is 16.7 Å². The zero-order chi connectivity index (χ0) is 16.3. The summed E-state index contributed by atoms with van der Waals surface area (Å²) in [5.74, 6) is 0.249. The lowest BCUT2D eigenvalue weighted by Gasteiger charge is -2.49. The predicted octanol–water partition coefficient (Wildman–Crippen LogP) is 3.33.